The molecule has 1 heterocycles. The van der Waals surface area contributed by atoms with E-state index in [2.05, 4.69) is 16.1 Å². The Morgan fingerprint density at radius 2 is 1.96 bits per heavy atom. The predicted molar refractivity (Wildman–Crippen MR) is 96.6 cm³/mol. The smallest absolute Gasteiger partial charge is 0.182 e. The molecule has 1 aromatic rings. The van der Waals surface area contributed by atoms with Crippen LogP contribution in [0.25, 0.3) is 0 Å². The number of halogens is 1. The number of hydrogen-bond donors (Lipinski definition) is 2. The summed E-state index contributed by atoms with van der Waals surface area (Å²) in [6.07, 6.45) is 3.13. The minimum Gasteiger partial charge on any atom is -0.298 e. The van der Waals surface area contributed by atoms with Crippen LogP contribution in [0.1, 0.15) is 35.2 Å². The SMILES string of the molecule is CS(=O)(=O)c1ccc(C(=O)C2C(=O)CCCC2=O)c(Cl)c1CN1NC=NN1. The lowest BCUT2D eigenvalue weighted by atomic mass is 9.81. The first kappa shape index (κ1) is 19.5. The second-order valence-corrected chi connectivity index (χ2v) is 8.69. The van der Waals surface area contributed by atoms with E-state index in [0.717, 1.165) is 6.26 Å². The molecule has 1 fully saturated rings. The van der Waals surface area contributed by atoms with Gasteiger partial charge in [0.1, 0.15) is 12.3 Å². The molecule has 11 heteroatoms. The van der Waals surface area contributed by atoms with E-state index in [-0.39, 0.29) is 40.4 Å². The number of rotatable bonds is 5. The molecule has 0 atom stereocenters. The summed E-state index contributed by atoms with van der Waals surface area (Å²) < 4.78 is 24.2. The van der Waals surface area contributed by atoms with Gasteiger partial charge in [-0.2, -0.15) is 5.10 Å². The maximum absolute atomic E-state index is 12.8. The van der Waals surface area contributed by atoms with Gasteiger partial charge in [0, 0.05) is 30.2 Å². The van der Waals surface area contributed by atoms with Crippen molar-refractivity contribution >= 4 is 45.1 Å². The van der Waals surface area contributed by atoms with Gasteiger partial charge in [0.15, 0.2) is 27.2 Å². The third-order valence-corrected chi connectivity index (χ3v) is 6.00. The molecule has 0 radical (unpaired) electrons. The van der Waals surface area contributed by atoms with Crippen molar-refractivity contribution in [3.05, 3.63) is 28.3 Å². The van der Waals surface area contributed by atoms with Crippen LogP contribution >= 0.6 is 11.6 Å². The van der Waals surface area contributed by atoms with Gasteiger partial charge in [-0.1, -0.05) is 11.6 Å². The summed E-state index contributed by atoms with van der Waals surface area (Å²) in [7, 11) is -3.64. The Hall–Kier alpha value is -2.30. The van der Waals surface area contributed by atoms with E-state index in [9.17, 15) is 22.8 Å². The average molecular weight is 413 g/mol. The third-order valence-electron chi connectivity index (χ3n) is 4.39. The van der Waals surface area contributed by atoms with E-state index >= 15 is 0 Å². The summed E-state index contributed by atoms with van der Waals surface area (Å²) in [6.45, 7) is -0.0328. The number of carbonyl (C=O) groups excluding carboxylic acids is 3. The molecule has 1 aliphatic carbocycles. The molecule has 0 aromatic heterocycles. The standard InChI is InChI=1S/C16H17ClN4O5S/c1-27(25,26)13-6-5-9(15(17)10(13)7-21-19-8-18-20-21)16(24)14-11(22)3-2-4-12(14)23/h5-6,8,14,20H,2-4,7H2,1H3,(H,18,19). The zero-order chi connectivity index (χ0) is 19.8. The van der Waals surface area contributed by atoms with E-state index in [1.807, 2.05) is 0 Å². The first-order chi connectivity index (χ1) is 12.7. The van der Waals surface area contributed by atoms with Crippen LogP contribution in [0.4, 0.5) is 0 Å². The van der Waals surface area contributed by atoms with Crippen LogP contribution in [0.3, 0.4) is 0 Å². The van der Waals surface area contributed by atoms with Crippen LogP contribution < -0.4 is 11.0 Å². The van der Waals surface area contributed by atoms with Gasteiger partial charge in [-0.15, -0.1) is 5.12 Å². The molecule has 1 aromatic carbocycles. The van der Waals surface area contributed by atoms with Crippen molar-refractivity contribution in [3.8, 4) is 0 Å². The van der Waals surface area contributed by atoms with E-state index in [1.54, 1.807) is 0 Å². The van der Waals surface area contributed by atoms with E-state index in [4.69, 9.17) is 11.6 Å². The molecule has 0 unspecified atom stereocenters. The molecule has 0 bridgehead atoms. The fourth-order valence-electron chi connectivity index (χ4n) is 3.11. The van der Waals surface area contributed by atoms with E-state index in [0.29, 0.717) is 6.42 Å². The maximum atomic E-state index is 12.8. The Kier molecular flexibility index (Phi) is 5.31. The number of ketones is 3. The molecule has 144 valence electrons. The van der Waals surface area contributed by atoms with Gasteiger partial charge in [0.05, 0.1) is 16.5 Å². The summed E-state index contributed by atoms with van der Waals surface area (Å²) in [5, 5.41) is 4.98. The minimum atomic E-state index is -3.64. The molecule has 27 heavy (non-hydrogen) atoms. The molecule has 2 N–H and O–H groups in total. The van der Waals surface area contributed by atoms with Crippen LogP contribution in [0.15, 0.2) is 22.1 Å². The number of carbonyl (C=O) groups is 3. The first-order valence-electron chi connectivity index (χ1n) is 8.12. The highest BCUT2D eigenvalue weighted by atomic mass is 35.5. The number of hydrazone groups is 1. The predicted octanol–water partition coefficient (Wildman–Crippen LogP) is 0.633. The second-order valence-electron chi connectivity index (χ2n) is 6.33. The fourth-order valence-corrected chi connectivity index (χ4v) is 4.41. The largest absolute Gasteiger partial charge is 0.298 e. The second kappa shape index (κ2) is 7.37. The summed E-state index contributed by atoms with van der Waals surface area (Å²) in [5.74, 6) is -2.94. The molecule has 2 aliphatic rings. The van der Waals surface area contributed by atoms with Crippen LogP contribution in [-0.2, 0) is 26.0 Å². The lowest BCUT2D eigenvalue weighted by Crippen LogP contribution is -2.39. The fraction of sp³-hybridized carbons (Fsp3) is 0.375. The highest BCUT2D eigenvalue weighted by Crippen LogP contribution is 2.32. The topological polar surface area (TPSA) is 125 Å². The molecule has 9 nitrogen and oxygen atoms in total. The van der Waals surface area contributed by atoms with Gasteiger partial charge in [0.25, 0.3) is 0 Å². The van der Waals surface area contributed by atoms with Crippen LogP contribution in [0, 0.1) is 5.92 Å². The van der Waals surface area contributed by atoms with Gasteiger partial charge in [-0.3, -0.25) is 19.8 Å². The quantitative estimate of drug-likeness (QED) is 0.533. The molecule has 0 saturated heterocycles. The molecular weight excluding hydrogens is 396 g/mol. The number of benzene rings is 1. The van der Waals surface area contributed by atoms with Crippen LogP contribution in [0.2, 0.25) is 5.02 Å². The molecule has 1 aliphatic heterocycles. The molecule has 0 amide bonds. The zero-order valence-corrected chi connectivity index (χ0v) is 15.9. The Bertz CT molecular complexity index is 936. The van der Waals surface area contributed by atoms with Crippen molar-refractivity contribution in [1.82, 2.24) is 16.1 Å². The number of hydrazine groups is 2. The Morgan fingerprint density at radius 1 is 1.30 bits per heavy atom. The zero-order valence-electron chi connectivity index (χ0n) is 14.4. The molecule has 1 saturated carbocycles. The van der Waals surface area contributed by atoms with Crippen molar-refractivity contribution in [1.29, 1.82) is 0 Å². The Balaban J connectivity index is 2.05. The van der Waals surface area contributed by atoms with Crippen molar-refractivity contribution in [3.63, 3.8) is 0 Å². The lowest BCUT2D eigenvalue weighted by molar-refractivity contribution is -0.133. The highest BCUT2D eigenvalue weighted by molar-refractivity contribution is 7.90. The molecule has 0 spiro atoms. The van der Waals surface area contributed by atoms with Crippen LogP contribution in [-0.4, -0.2) is 43.5 Å². The van der Waals surface area contributed by atoms with E-state index in [1.165, 1.54) is 23.6 Å². The minimum absolute atomic E-state index is 0.0328. The van der Waals surface area contributed by atoms with Crippen molar-refractivity contribution in [2.45, 2.75) is 30.7 Å². The van der Waals surface area contributed by atoms with Gasteiger partial charge >= 0.3 is 0 Å². The molecular formula is C16H17ClN4O5S. The number of sulfone groups is 1. The Labute approximate surface area is 160 Å². The van der Waals surface area contributed by atoms with Crippen molar-refractivity contribution in [2.24, 2.45) is 11.0 Å². The lowest BCUT2D eigenvalue weighted by Gasteiger charge is -2.21. The van der Waals surface area contributed by atoms with E-state index < -0.39 is 33.1 Å². The first-order valence-corrected chi connectivity index (χ1v) is 10.4. The number of nitrogens with one attached hydrogen (secondary N) is 2. The summed E-state index contributed by atoms with van der Waals surface area (Å²) in [6, 6.07) is 2.51. The monoisotopic (exact) mass is 412 g/mol. The van der Waals surface area contributed by atoms with Gasteiger partial charge in [-0.05, 0) is 18.6 Å². The van der Waals surface area contributed by atoms with Gasteiger partial charge < -0.3 is 0 Å². The van der Waals surface area contributed by atoms with Crippen molar-refractivity contribution < 1.29 is 22.8 Å². The van der Waals surface area contributed by atoms with Gasteiger partial charge in [0.2, 0.25) is 0 Å². The van der Waals surface area contributed by atoms with Gasteiger partial charge in [-0.25, -0.2) is 14.0 Å². The van der Waals surface area contributed by atoms with Crippen molar-refractivity contribution in [2.75, 3.05) is 6.26 Å². The molecule has 3 rings (SSSR count). The number of nitrogens with zero attached hydrogens (tertiary/aromatic N) is 2. The third kappa shape index (κ3) is 3.87. The number of hydrogen-bond acceptors (Lipinski definition) is 9. The Morgan fingerprint density at radius 3 is 2.52 bits per heavy atom. The summed E-state index contributed by atoms with van der Waals surface area (Å²) in [4.78, 5) is 37.0. The number of Topliss-reactive ketones (excluding diaryl/α,β-unsaturated/α-hetero) is 3. The summed E-state index contributed by atoms with van der Waals surface area (Å²) >= 11 is 6.38. The average Bonchev–Trinajstić information content (AvgIpc) is 3.08. The summed E-state index contributed by atoms with van der Waals surface area (Å²) in [5.41, 5.74) is 5.41. The van der Waals surface area contributed by atoms with Crippen LogP contribution in [0.5, 0.6) is 0 Å². The highest BCUT2D eigenvalue weighted by Gasteiger charge is 2.38. The maximum Gasteiger partial charge on any atom is 0.182 e. The normalized spacial score (nSPS) is 18.4.